The van der Waals surface area contributed by atoms with Gasteiger partial charge in [0.25, 0.3) is 0 Å². The Morgan fingerprint density at radius 1 is 1.07 bits per heavy atom. The molecule has 0 amide bonds. The number of anilines is 1. The molecular weight excluding hydrogens is 356 g/mol. The molecule has 0 atom stereocenters. The SMILES string of the molecule is COc1cccc(/C=N/Nc2cccc(C(=O)O)c2)c1OCc1ccccc1. The maximum absolute atomic E-state index is 11.1. The van der Waals surface area contributed by atoms with E-state index in [1.807, 2.05) is 48.5 Å². The van der Waals surface area contributed by atoms with E-state index in [0.717, 1.165) is 11.1 Å². The standard InChI is InChI=1S/C22H20N2O4/c1-27-20-12-6-10-18(21(20)28-15-16-7-3-2-4-8-16)14-23-24-19-11-5-9-17(13-19)22(25)26/h2-14,24H,15H2,1H3,(H,25,26)/b23-14+. The second-order valence-corrected chi connectivity index (χ2v) is 5.91. The Bertz CT molecular complexity index is 971. The van der Waals surface area contributed by atoms with E-state index < -0.39 is 5.97 Å². The minimum atomic E-state index is -0.989. The molecular formula is C22H20N2O4. The Hall–Kier alpha value is -3.80. The molecule has 2 N–H and O–H groups in total. The molecule has 3 aromatic rings. The highest BCUT2D eigenvalue weighted by Crippen LogP contribution is 2.31. The highest BCUT2D eigenvalue weighted by molar-refractivity contribution is 5.89. The molecule has 3 rings (SSSR count). The van der Waals surface area contributed by atoms with Crippen molar-refractivity contribution in [3.8, 4) is 11.5 Å². The number of hydrogen-bond donors (Lipinski definition) is 2. The topological polar surface area (TPSA) is 80.2 Å². The fourth-order valence-corrected chi connectivity index (χ4v) is 2.58. The molecule has 0 unspecified atom stereocenters. The first-order valence-corrected chi connectivity index (χ1v) is 8.63. The van der Waals surface area contributed by atoms with Gasteiger partial charge in [-0.3, -0.25) is 5.43 Å². The van der Waals surface area contributed by atoms with Gasteiger partial charge in [0, 0.05) is 5.56 Å². The van der Waals surface area contributed by atoms with E-state index in [0.29, 0.717) is 23.8 Å². The number of nitrogens with zero attached hydrogens (tertiary/aromatic N) is 1. The van der Waals surface area contributed by atoms with Crippen molar-refractivity contribution in [2.24, 2.45) is 5.10 Å². The highest BCUT2D eigenvalue weighted by atomic mass is 16.5. The van der Waals surface area contributed by atoms with E-state index in [4.69, 9.17) is 14.6 Å². The average Bonchev–Trinajstić information content (AvgIpc) is 2.73. The number of aromatic carboxylic acids is 1. The summed E-state index contributed by atoms with van der Waals surface area (Å²) in [6.07, 6.45) is 1.61. The van der Waals surface area contributed by atoms with Crippen LogP contribution < -0.4 is 14.9 Å². The lowest BCUT2D eigenvalue weighted by atomic mass is 10.2. The summed E-state index contributed by atoms with van der Waals surface area (Å²) in [5.74, 6) is 0.198. The van der Waals surface area contributed by atoms with Crippen molar-refractivity contribution in [2.45, 2.75) is 6.61 Å². The number of rotatable bonds is 8. The molecule has 0 saturated carbocycles. The largest absolute Gasteiger partial charge is 0.493 e. The number of para-hydroxylation sites is 1. The normalized spacial score (nSPS) is 10.6. The predicted octanol–water partition coefficient (Wildman–Crippen LogP) is 4.42. The van der Waals surface area contributed by atoms with Crippen LogP contribution in [0.5, 0.6) is 11.5 Å². The highest BCUT2D eigenvalue weighted by Gasteiger charge is 2.10. The lowest BCUT2D eigenvalue weighted by molar-refractivity contribution is 0.0697. The molecule has 0 aliphatic carbocycles. The van der Waals surface area contributed by atoms with Gasteiger partial charge >= 0.3 is 5.97 Å². The minimum Gasteiger partial charge on any atom is -0.493 e. The fraction of sp³-hybridized carbons (Fsp3) is 0.0909. The van der Waals surface area contributed by atoms with Crippen molar-refractivity contribution in [3.05, 3.63) is 89.5 Å². The molecule has 0 fully saturated rings. The lowest BCUT2D eigenvalue weighted by Gasteiger charge is -2.13. The van der Waals surface area contributed by atoms with Crippen molar-refractivity contribution in [1.29, 1.82) is 0 Å². The smallest absolute Gasteiger partial charge is 0.335 e. The van der Waals surface area contributed by atoms with E-state index in [1.165, 1.54) is 12.1 Å². The number of carbonyl (C=O) groups is 1. The number of methoxy groups -OCH3 is 1. The summed E-state index contributed by atoms with van der Waals surface area (Å²) in [6, 6.07) is 21.8. The Morgan fingerprint density at radius 2 is 1.86 bits per heavy atom. The molecule has 0 radical (unpaired) electrons. The molecule has 6 heteroatoms. The van der Waals surface area contributed by atoms with Crippen LogP contribution in [0.4, 0.5) is 5.69 Å². The average molecular weight is 376 g/mol. The Labute approximate surface area is 163 Å². The number of nitrogens with one attached hydrogen (secondary N) is 1. The molecule has 28 heavy (non-hydrogen) atoms. The maximum Gasteiger partial charge on any atom is 0.335 e. The van der Waals surface area contributed by atoms with Crippen LogP contribution in [-0.4, -0.2) is 24.4 Å². The molecule has 142 valence electrons. The summed E-state index contributed by atoms with van der Waals surface area (Å²) < 4.78 is 11.4. The molecule has 0 spiro atoms. The zero-order chi connectivity index (χ0) is 19.8. The molecule has 6 nitrogen and oxygen atoms in total. The monoisotopic (exact) mass is 376 g/mol. The lowest BCUT2D eigenvalue weighted by Crippen LogP contribution is -2.01. The number of hydrogen-bond acceptors (Lipinski definition) is 5. The number of ether oxygens (including phenoxy) is 2. The third-order valence-corrected chi connectivity index (χ3v) is 3.96. The van der Waals surface area contributed by atoms with Gasteiger partial charge in [0.15, 0.2) is 11.5 Å². The number of carboxylic acid groups (broad SMARTS) is 1. The molecule has 0 heterocycles. The molecule has 0 aromatic heterocycles. The molecule has 0 bridgehead atoms. The van der Waals surface area contributed by atoms with Gasteiger partial charge in [-0.05, 0) is 35.9 Å². The summed E-state index contributed by atoms with van der Waals surface area (Å²) in [5, 5.41) is 13.3. The summed E-state index contributed by atoms with van der Waals surface area (Å²) in [5.41, 5.74) is 5.37. The quantitative estimate of drug-likeness (QED) is 0.449. The van der Waals surface area contributed by atoms with Gasteiger partial charge < -0.3 is 14.6 Å². The zero-order valence-electron chi connectivity index (χ0n) is 15.3. The van der Waals surface area contributed by atoms with Crippen molar-refractivity contribution >= 4 is 17.9 Å². The second-order valence-electron chi connectivity index (χ2n) is 5.91. The number of hydrazone groups is 1. The van der Waals surface area contributed by atoms with Crippen LogP contribution in [0.15, 0.2) is 77.9 Å². The summed E-state index contributed by atoms with van der Waals surface area (Å²) in [4.78, 5) is 11.1. The van der Waals surface area contributed by atoms with Crippen LogP contribution in [0.3, 0.4) is 0 Å². The van der Waals surface area contributed by atoms with E-state index in [-0.39, 0.29) is 5.56 Å². The van der Waals surface area contributed by atoms with Crippen LogP contribution in [-0.2, 0) is 6.61 Å². The Morgan fingerprint density at radius 3 is 2.61 bits per heavy atom. The van der Waals surface area contributed by atoms with Crippen LogP contribution in [0.2, 0.25) is 0 Å². The molecule has 3 aromatic carbocycles. The van der Waals surface area contributed by atoms with Gasteiger partial charge in [0.05, 0.1) is 24.6 Å². The van der Waals surface area contributed by atoms with Crippen LogP contribution in [0.25, 0.3) is 0 Å². The molecule has 0 saturated heterocycles. The first-order valence-electron chi connectivity index (χ1n) is 8.63. The third kappa shape index (κ3) is 4.88. The van der Waals surface area contributed by atoms with Crippen molar-refractivity contribution in [2.75, 3.05) is 12.5 Å². The van der Waals surface area contributed by atoms with E-state index >= 15 is 0 Å². The molecule has 0 aliphatic heterocycles. The van der Waals surface area contributed by atoms with Gasteiger partial charge in [-0.2, -0.15) is 5.10 Å². The Kier molecular flexibility index (Phi) is 6.25. The van der Waals surface area contributed by atoms with Gasteiger partial charge in [-0.1, -0.05) is 42.5 Å². The predicted molar refractivity (Wildman–Crippen MR) is 108 cm³/mol. The van der Waals surface area contributed by atoms with Crippen LogP contribution in [0, 0.1) is 0 Å². The summed E-state index contributed by atoms with van der Waals surface area (Å²) in [6.45, 7) is 0.399. The van der Waals surface area contributed by atoms with Gasteiger partial charge in [-0.15, -0.1) is 0 Å². The zero-order valence-corrected chi connectivity index (χ0v) is 15.3. The summed E-state index contributed by atoms with van der Waals surface area (Å²) >= 11 is 0. The number of carboxylic acids is 1. The van der Waals surface area contributed by atoms with Gasteiger partial charge in [0.1, 0.15) is 6.61 Å². The first kappa shape index (κ1) is 19.0. The summed E-state index contributed by atoms with van der Waals surface area (Å²) in [7, 11) is 1.58. The van der Waals surface area contributed by atoms with E-state index in [1.54, 1.807) is 25.5 Å². The maximum atomic E-state index is 11.1. The van der Waals surface area contributed by atoms with Crippen molar-refractivity contribution < 1.29 is 19.4 Å². The Balaban J connectivity index is 1.76. The van der Waals surface area contributed by atoms with Gasteiger partial charge in [-0.25, -0.2) is 4.79 Å². The minimum absolute atomic E-state index is 0.188. The van der Waals surface area contributed by atoms with Crippen molar-refractivity contribution in [3.63, 3.8) is 0 Å². The fourth-order valence-electron chi connectivity index (χ4n) is 2.58. The molecule has 0 aliphatic rings. The van der Waals surface area contributed by atoms with Crippen LogP contribution >= 0.6 is 0 Å². The van der Waals surface area contributed by atoms with Crippen molar-refractivity contribution in [1.82, 2.24) is 0 Å². The third-order valence-electron chi connectivity index (χ3n) is 3.96. The van der Waals surface area contributed by atoms with Crippen LogP contribution in [0.1, 0.15) is 21.5 Å². The second kappa shape index (κ2) is 9.23. The van der Waals surface area contributed by atoms with E-state index in [2.05, 4.69) is 10.5 Å². The number of benzene rings is 3. The first-order chi connectivity index (χ1) is 13.7. The van der Waals surface area contributed by atoms with E-state index in [9.17, 15) is 4.79 Å². The van der Waals surface area contributed by atoms with Gasteiger partial charge in [0.2, 0.25) is 0 Å².